The molecule has 1 fully saturated rings. The van der Waals surface area contributed by atoms with Crippen LogP contribution in [0.3, 0.4) is 0 Å². The lowest BCUT2D eigenvalue weighted by atomic mass is 9.79. The molecular formula is C23H26O3S2. The SMILES string of the molecule is COC(=O)c1ccc(C2(c3ccc4c(c3)C(C)(C)CCO4)SCCCS2)cc1. The number of esters is 1. The summed E-state index contributed by atoms with van der Waals surface area (Å²) in [6, 6.07) is 14.6. The lowest BCUT2D eigenvalue weighted by molar-refractivity contribution is 0.0600. The molecule has 28 heavy (non-hydrogen) atoms. The van der Waals surface area contributed by atoms with E-state index in [1.54, 1.807) is 0 Å². The number of rotatable bonds is 3. The van der Waals surface area contributed by atoms with Crippen LogP contribution in [0.2, 0.25) is 0 Å². The van der Waals surface area contributed by atoms with Crippen molar-refractivity contribution < 1.29 is 14.3 Å². The Kier molecular flexibility index (Phi) is 5.41. The van der Waals surface area contributed by atoms with Gasteiger partial charge in [-0.2, -0.15) is 0 Å². The van der Waals surface area contributed by atoms with Crippen LogP contribution in [0.25, 0.3) is 0 Å². The molecular weight excluding hydrogens is 388 g/mol. The molecule has 0 aromatic heterocycles. The van der Waals surface area contributed by atoms with Crippen molar-refractivity contribution in [2.75, 3.05) is 25.2 Å². The fourth-order valence-electron chi connectivity index (χ4n) is 3.92. The third kappa shape index (κ3) is 3.43. The zero-order chi connectivity index (χ0) is 19.8. The van der Waals surface area contributed by atoms with Gasteiger partial charge in [0.15, 0.2) is 0 Å². The second kappa shape index (κ2) is 7.68. The van der Waals surface area contributed by atoms with Crippen molar-refractivity contribution in [2.45, 2.75) is 36.2 Å². The van der Waals surface area contributed by atoms with Crippen molar-refractivity contribution in [2.24, 2.45) is 0 Å². The molecule has 4 rings (SSSR count). The van der Waals surface area contributed by atoms with Gasteiger partial charge in [0, 0.05) is 5.56 Å². The Bertz CT molecular complexity index is 868. The van der Waals surface area contributed by atoms with Crippen LogP contribution in [0.4, 0.5) is 0 Å². The van der Waals surface area contributed by atoms with Crippen LogP contribution in [0.15, 0.2) is 42.5 Å². The van der Waals surface area contributed by atoms with Gasteiger partial charge in [-0.05, 0) is 65.2 Å². The number of thioether (sulfide) groups is 2. The van der Waals surface area contributed by atoms with Gasteiger partial charge in [-0.3, -0.25) is 0 Å². The zero-order valence-electron chi connectivity index (χ0n) is 16.6. The molecule has 2 aromatic rings. The van der Waals surface area contributed by atoms with Gasteiger partial charge in [-0.1, -0.05) is 32.0 Å². The topological polar surface area (TPSA) is 35.5 Å². The molecule has 0 spiro atoms. The number of methoxy groups -OCH3 is 1. The molecule has 0 aliphatic carbocycles. The minimum Gasteiger partial charge on any atom is -0.493 e. The Hall–Kier alpha value is -1.59. The van der Waals surface area contributed by atoms with E-state index in [1.807, 2.05) is 35.7 Å². The van der Waals surface area contributed by atoms with Gasteiger partial charge in [0.2, 0.25) is 0 Å². The predicted molar refractivity (Wildman–Crippen MR) is 118 cm³/mol. The van der Waals surface area contributed by atoms with E-state index in [9.17, 15) is 4.79 Å². The third-order valence-corrected chi connectivity index (χ3v) is 9.11. The minimum atomic E-state index is -0.294. The van der Waals surface area contributed by atoms with E-state index in [0.717, 1.165) is 30.3 Å². The molecule has 2 aromatic carbocycles. The monoisotopic (exact) mass is 414 g/mol. The van der Waals surface area contributed by atoms with Crippen LogP contribution in [-0.4, -0.2) is 31.2 Å². The number of hydrogen-bond acceptors (Lipinski definition) is 5. The fourth-order valence-corrected chi connectivity index (χ4v) is 7.28. The molecule has 2 aliphatic rings. The first-order valence-electron chi connectivity index (χ1n) is 9.71. The van der Waals surface area contributed by atoms with E-state index in [-0.39, 0.29) is 15.5 Å². The molecule has 0 amide bonds. The van der Waals surface area contributed by atoms with Crippen molar-refractivity contribution in [3.8, 4) is 5.75 Å². The lowest BCUT2D eigenvalue weighted by Crippen LogP contribution is -2.29. The van der Waals surface area contributed by atoms with Gasteiger partial charge >= 0.3 is 5.97 Å². The van der Waals surface area contributed by atoms with Crippen LogP contribution in [0, 0.1) is 0 Å². The number of benzene rings is 2. The van der Waals surface area contributed by atoms with Gasteiger partial charge in [0.25, 0.3) is 0 Å². The van der Waals surface area contributed by atoms with Crippen molar-refractivity contribution in [3.63, 3.8) is 0 Å². The quantitative estimate of drug-likeness (QED) is 0.611. The predicted octanol–water partition coefficient (Wildman–Crippen LogP) is 5.60. The van der Waals surface area contributed by atoms with Crippen LogP contribution >= 0.6 is 23.5 Å². The molecule has 0 bridgehead atoms. The molecule has 0 saturated carbocycles. The van der Waals surface area contributed by atoms with Crippen molar-refractivity contribution in [1.29, 1.82) is 0 Å². The zero-order valence-corrected chi connectivity index (χ0v) is 18.3. The van der Waals surface area contributed by atoms with Gasteiger partial charge < -0.3 is 9.47 Å². The Morgan fingerprint density at radius 3 is 2.39 bits per heavy atom. The molecule has 1 saturated heterocycles. The molecule has 2 aliphatic heterocycles. The third-order valence-electron chi connectivity index (χ3n) is 5.66. The van der Waals surface area contributed by atoms with E-state index in [0.29, 0.717) is 5.56 Å². The van der Waals surface area contributed by atoms with Crippen molar-refractivity contribution in [1.82, 2.24) is 0 Å². The fraction of sp³-hybridized carbons (Fsp3) is 0.435. The number of carbonyl (C=O) groups is 1. The number of ether oxygens (including phenoxy) is 2. The van der Waals surface area contributed by atoms with Crippen molar-refractivity contribution in [3.05, 3.63) is 64.7 Å². The summed E-state index contributed by atoms with van der Waals surface area (Å²) in [5.74, 6) is 2.98. The second-order valence-corrected chi connectivity index (χ2v) is 10.8. The maximum absolute atomic E-state index is 11.8. The standard InChI is InChI=1S/C23H26O3S2/c1-22(2)11-12-26-20-10-9-18(15-19(20)22)23(27-13-4-14-28-23)17-7-5-16(6-8-17)21(24)25-3/h5-10,15H,4,11-14H2,1-3H3. The smallest absolute Gasteiger partial charge is 0.337 e. The van der Waals surface area contributed by atoms with E-state index >= 15 is 0 Å². The van der Waals surface area contributed by atoms with E-state index in [1.165, 1.54) is 30.2 Å². The number of carbonyl (C=O) groups excluding carboxylic acids is 1. The van der Waals surface area contributed by atoms with Crippen LogP contribution in [0.1, 0.15) is 53.7 Å². The normalized spacial score (nSPS) is 20.0. The highest BCUT2D eigenvalue weighted by Gasteiger charge is 2.39. The molecule has 0 radical (unpaired) electrons. The van der Waals surface area contributed by atoms with Gasteiger partial charge in [-0.25, -0.2) is 4.79 Å². The summed E-state index contributed by atoms with van der Waals surface area (Å²) in [7, 11) is 1.42. The van der Waals surface area contributed by atoms with Crippen LogP contribution in [0.5, 0.6) is 5.75 Å². The summed E-state index contributed by atoms with van der Waals surface area (Å²) in [6.45, 7) is 5.39. The molecule has 0 N–H and O–H groups in total. The highest BCUT2D eigenvalue weighted by molar-refractivity contribution is 8.18. The highest BCUT2D eigenvalue weighted by atomic mass is 32.2. The first-order chi connectivity index (χ1) is 13.5. The Morgan fingerprint density at radius 1 is 1.04 bits per heavy atom. The summed E-state index contributed by atoms with van der Waals surface area (Å²) >= 11 is 3.99. The molecule has 5 heteroatoms. The molecule has 3 nitrogen and oxygen atoms in total. The summed E-state index contributed by atoms with van der Waals surface area (Å²) in [5, 5.41) is 0. The Labute approximate surface area is 175 Å². The largest absolute Gasteiger partial charge is 0.493 e. The summed E-state index contributed by atoms with van der Waals surface area (Å²) in [6.07, 6.45) is 2.25. The first kappa shape index (κ1) is 19.7. The van der Waals surface area contributed by atoms with Crippen LogP contribution < -0.4 is 4.74 Å². The lowest BCUT2D eigenvalue weighted by Gasteiger charge is -2.39. The molecule has 0 atom stereocenters. The Morgan fingerprint density at radius 2 is 1.71 bits per heavy atom. The van der Waals surface area contributed by atoms with E-state index < -0.39 is 0 Å². The van der Waals surface area contributed by atoms with Crippen LogP contribution in [-0.2, 0) is 14.2 Å². The average molecular weight is 415 g/mol. The molecule has 2 heterocycles. The minimum absolute atomic E-state index is 0.115. The summed E-state index contributed by atoms with van der Waals surface area (Å²) < 4.78 is 10.6. The Balaban J connectivity index is 1.79. The average Bonchev–Trinajstić information content (AvgIpc) is 2.73. The van der Waals surface area contributed by atoms with E-state index in [2.05, 4.69) is 44.2 Å². The summed E-state index contributed by atoms with van der Waals surface area (Å²) in [4.78, 5) is 11.8. The highest BCUT2D eigenvalue weighted by Crippen LogP contribution is 2.56. The first-order valence-corrected chi connectivity index (χ1v) is 11.7. The second-order valence-electron chi connectivity index (χ2n) is 7.93. The molecule has 148 valence electrons. The van der Waals surface area contributed by atoms with Gasteiger partial charge in [0.05, 0.1) is 19.3 Å². The van der Waals surface area contributed by atoms with E-state index in [4.69, 9.17) is 9.47 Å². The maximum Gasteiger partial charge on any atom is 0.337 e. The molecule has 0 unspecified atom stereocenters. The maximum atomic E-state index is 11.8. The van der Waals surface area contributed by atoms with Crippen molar-refractivity contribution >= 4 is 29.5 Å². The van der Waals surface area contributed by atoms with Gasteiger partial charge in [0.1, 0.15) is 9.83 Å². The number of fused-ring (bicyclic) bond motifs is 1. The van der Waals surface area contributed by atoms with Gasteiger partial charge in [-0.15, -0.1) is 23.5 Å². The summed E-state index contributed by atoms with van der Waals surface area (Å²) in [5.41, 5.74) is 4.54. The number of hydrogen-bond donors (Lipinski definition) is 0.